The van der Waals surface area contributed by atoms with Crippen molar-refractivity contribution >= 4 is 10.0 Å². The number of fused-ring (bicyclic) bond motifs is 1. The highest BCUT2D eigenvalue weighted by Crippen LogP contribution is 2.30. The molecule has 0 fully saturated rings. The largest absolute Gasteiger partial charge is 0.267 e. The lowest BCUT2D eigenvalue weighted by molar-refractivity contribution is 0.539. The fraction of sp³-hybridized carbons (Fsp3) is 0.333. The molecule has 0 unspecified atom stereocenters. The standard InChI is InChI=1S/C21H24N4O2S/c1-16-6-8-18(9-7-16)28(26,27)23-14-15-25-20-5-3-2-4-19(20)21(24-25)17-10-12-22-13-11-17/h6-13,23H,2-5,14-15H2,1H3. The van der Waals surface area contributed by atoms with Crippen LogP contribution in [0.5, 0.6) is 0 Å². The van der Waals surface area contributed by atoms with E-state index in [2.05, 4.69) is 9.71 Å². The monoisotopic (exact) mass is 396 g/mol. The minimum absolute atomic E-state index is 0.290. The maximum absolute atomic E-state index is 12.5. The molecule has 0 saturated heterocycles. The molecule has 0 bridgehead atoms. The molecule has 4 rings (SSSR count). The van der Waals surface area contributed by atoms with Crippen molar-refractivity contribution in [2.24, 2.45) is 0 Å². The second-order valence-electron chi connectivity index (χ2n) is 7.15. The minimum Gasteiger partial charge on any atom is -0.267 e. The topological polar surface area (TPSA) is 76.9 Å². The summed E-state index contributed by atoms with van der Waals surface area (Å²) in [5, 5.41) is 4.82. The molecule has 0 atom stereocenters. The molecule has 0 saturated carbocycles. The number of aromatic nitrogens is 3. The zero-order chi connectivity index (χ0) is 19.6. The van der Waals surface area contributed by atoms with Crippen LogP contribution in [0.4, 0.5) is 0 Å². The van der Waals surface area contributed by atoms with Gasteiger partial charge in [-0.15, -0.1) is 0 Å². The Hall–Kier alpha value is -2.51. The summed E-state index contributed by atoms with van der Waals surface area (Å²) in [5.41, 5.74) is 5.61. The van der Waals surface area contributed by atoms with Gasteiger partial charge in [0, 0.05) is 35.8 Å². The van der Waals surface area contributed by atoms with Crippen LogP contribution in [0.1, 0.15) is 29.7 Å². The Bertz CT molecular complexity index is 1060. The molecule has 6 nitrogen and oxygen atoms in total. The zero-order valence-corrected chi connectivity index (χ0v) is 16.7. The van der Waals surface area contributed by atoms with Gasteiger partial charge in [-0.2, -0.15) is 5.10 Å². The summed E-state index contributed by atoms with van der Waals surface area (Å²) in [5.74, 6) is 0. The van der Waals surface area contributed by atoms with E-state index in [0.29, 0.717) is 13.1 Å². The number of hydrogen-bond acceptors (Lipinski definition) is 4. The minimum atomic E-state index is -3.51. The van der Waals surface area contributed by atoms with Gasteiger partial charge in [0.25, 0.3) is 0 Å². The maximum atomic E-state index is 12.5. The number of pyridine rings is 1. The number of aryl methyl sites for hydroxylation is 1. The fourth-order valence-corrected chi connectivity index (χ4v) is 4.71. The van der Waals surface area contributed by atoms with Gasteiger partial charge < -0.3 is 0 Å². The Morgan fingerprint density at radius 3 is 2.50 bits per heavy atom. The van der Waals surface area contributed by atoms with E-state index in [1.54, 1.807) is 36.7 Å². The second-order valence-corrected chi connectivity index (χ2v) is 8.92. The van der Waals surface area contributed by atoms with Crippen LogP contribution in [0, 0.1) is 6.92 Å². The molecule has 1 aliphatic rings. The van der Waals surface area contributed by atoms with Gasteiger partial charge in [0.15, 0.2) is 0 Å². The van der Waals surface area contributed by atoms with Gasteiger partial charge in [-0.25, -0.2) is 13.1 Å². The highest BCUT2D eigenvalue weighted by Gasteiger charge is 2.22. The Labute approximate surface area is 165 Å². The number of rotatable bonds is 6. The van der Waals surface area contributed by atoms with Crippen LogP contribution >= 0.6 is 0 Å². The fourth-order valence-electron chi connectivity index (χ4n) is 3.68. The molecule has 0 spiro atoms. The van der Waals surface area contributed by atoms with Gasteiger partial charge in [-0.3, -0.25) is 9.67 Å². The summed E-state index contributed by atoms with van der Waals surface area (Å²) in [6, 6.07) is 10.8. The highest BCUT2D eigenvalue weighted by atomic mass is 32.2. The Balaban J connectivity index is 1.52. The molecule has 2 aromatic heterocycles. The summed E-state index contributed by atoms with van der Waals surface area (Å²) in [4.78, 5) is 4.38. The predicted octanol–water partition coefficient (Wildman–Crippen LogP) is 3.11. The quantitative estimate of drug-likeness (QED) is 0.695. The van der Waals surface area contributed by atoms with E-state index in [1.165, 1.54) is 11.3 Å². The van der Waals surface area contributed by atoms with Gasteiger partial charge in [0.05, 0.1) is 17.1 Å². The third-order valence-electron chi connectivity index (χ3n) is 5.16. The van der Waals surface area contributed by atoms with E-state index in [-0.39, 0.29) is 4.90 Å². The Kier molecular flexibility index (Phi) is 5.28. The van der Waals surface area contributed by atoms with Gasteiger partial charge in [0.2, 0.25) is 10.0 Å². The number of nitrogens with zero attached hydrogens (tertiary/aromatic N) is 3. The van der Waals surface area contributed by atoms with Crippen LogP contribution in [0.2, 0.25) is 0 Å². The summed E-state index contributed by atoms with van der Waals surface area (Å²) < 4.78 is 29.7. The zero-order valence-electron chi connectivity index (χ0n) is 15.9. The van der Waals surface area contributed by atoms with Gasteiger partial charge >= 0.3 is 0 Å². The molecule has 1 aliphatic carbocycles. The van der Waals surface area contributed by atoms with E-state index < -0.39 is 10.0 Å². The Morgan fingerprint density at radius 1 is 1.04 bits per heavy atom. The smallest absolute Gasteiger partial charge is 0.240 e. The van der Waals surface area contributed by atoms with E-state index in [4.69, 9.17) is 5.10 Å². The molecule has 1 aromatic carbocycles. The molecule has 28 heavy (non-hydrogen) atoms. The first-order valence-corrected chi connectivity index (χ1v) is 11.1. The molecule has 146 valence electrons. The van der Waals surface area contributed by atoms with Gasteiger partial charge in [-0.1, -0.05) is 17.7 Å². The first-order valence-electron chi connectivity index (χ1n) is 9.60. The highest BCUT2D eigenvalue weighted by molar-refractivity contribution is 7.89. The van der Waals surface area contributed by atoms with Crippen molar-refractivity contribution in [1.29, 1.82) is 0 Å². The average Bonchev–Trinajstić information content (AvgIpc) is 3.08. The molecular formula is C21H24N4O2S. The number of hydrogen-bond donors (Lipinski definition) is 1. The number of sulfonamides is 1. The number of benzene rings is 1. The first kappa shape index (κ1) is 18.8. The maximum Gasteiger partial charge on any atom is 0.240 e. The lowest BCUT2D eigenvalue weighted by Gasteiger charge is -2.14. The summed E-state index contributed by atoms with van der Waals surface area (Å²) in [6.45, 7) is 2.75. The van der Waals surface area contributed by atoms with E-state index in [9.17, 15) is 8.42 Å². The molecule has 7 heteroatoms. The molecule has 3 aromatic rings. The van der Waals surface area contributed by atoms with Crippen LogP contribution in [0.25, 0.3) is 11.3 Å². The van der Waals surface area contributed by atoms with Crippen LogP contribution in [0.3, 0.4) is 0 Å². The molecule has 2 heterocycles. The lowest BCUT2D eigenvalue weighted by atomic mass is 9.94. The lowest BCUT2D eigenvalue weighted by Crippen LogP contribution is -2.28. The Morgan fingerprint density at radius 2 is 1.75 bits per heavy atom. The normalized spacial score (nSPS) is 14.0. The molecular weight excluding hydrogens is 372 g/mol. The molecule has 1 N–H and O–H groups in total. The molecule has 0 amide bonds. The van der Waals surface area contributed by atoms with Crippen LogP contribution < -0.4 is 4.72 Å². The van der Waals surface area contributed by atoms with E-state index >= 15 is 0 Å². The van der Waals surface area contributed by atoms with Crippen molar-refractivity contribution in [3.05, 3.63) is 65.6 Å². The van der Waals surface area contributed by atoms with Crippen molar-refractivity contribution in [3.8, 4) is 11.3 Å². The molecule has 0 radical (unpaired) electrons. The van der Waals surface area contributed by atoms with Crippen molar-refractivity contribution in [2.75, 3.05) is 6.54 Å². The first-order chi connectivity index (χ1) is 13.5. The van der Waals surface area contributed by atoms with E-state index in [0.717, 1.165) is 42.5 Å². The summed E-state index contributed by atoms with van der Waals surface area (Å²) >= 11 is 0. The third-order valence-corrected chi connectivity index (χ3v) is 6.63. The predicted molar refractivity (Wildman–Crippen MR) is 108 cm³/mol. The van der Waals surface area contributed by atoms with Crippen LogP contribution in [0.15, 0.2) is 53.7 Å². The van der Waals surface area contributed by atoms with E-state index in [1.807, 2.05) is 23.7 Å². The van der Waals surface area contributed by atoms with Gasteiger partial charge in [-0.05, 0) is 56.9 Å². The summed E-state index contributed by atoms with van der Waals surface area (Å²) in [7, 11) is -3.51. The SMILES string of the molecule is Cc1ccc(S(=O)(=O)NCCn2nc(-c3ccncc3)c3c2CCCC3)cc1. The average molecular weight is 397 g/mol. The van der Waals surface area contributed by atoms with Crippen molar-refractivity contribution in [3.63, 3.8) is 0 Å². The van der Waals surface area contributed by atoms with Crippen molar-refractivity contribution in [2.45, 2.75) is 44.0 Å². The number of nitrogens with one attached hydrogen (secondary N) is 1. The summed E-state index contributed by atoms with van der Waals surface area (Å²) in [6.07, 6.45) is 7.86. The van der Waals surface area contributed by atoms with Crippen LogP contribution in [-0.2, 0) is 29.4 Å². The van der Waals surface area contributed by atoms with Crippen molar-refractivity contribution < 1.29 is 8.42 Å². The van der Waals surface area contributed by atoms with Crippen molar-refractivity contribution in [1.82, 2.24) is 19.5 Å². The third kappa shape index (κ3) is 3.86. The second kappa shape index (κ2) is 7.85. The van der Waals surface area contributed by atoms with Gasteiger partial charge in [0.1, 0.15) is 0 Å². The van der Waals surface area contributed by atoms with Crippen LogP contribution in [-0.4, -0.2) is 29.7 Å². The molecule has 0 aliphatic heterocycles.